The fraction of sp³-hybridized carbons (Fsp3) is 0.172. The molecule has 0 N–H and O–H groups in total. The van der Waals surface area contributed by atoms with Gasteiger partial charge in [-0.1, -0.05) is 48.5 Å². The number of pyridine rings is 1. The Hall–Kier alpha value is -4.12. The highest BCUT2D eigenvalue weighted by Crippen LogP contribution is 2.54. The molecule has 1 unspecified atom stereocenters. The summed E-state index contributed by atoms with van der Waals surface area (Å²) in [5, 5.41) is 0. The summed E-state index contributed by atoms with van der Waals surface area (Å²) in [4.78, 5) is 20.5. The first kappa shape index (κ1) is 19.4. The van der Waals surface area contributed by atoms with Gasteiger partial charge in [0.1, 0.15) is 23.5 Å². The highest BCUT2D eigenvalue weighted by Gasteiger charge is 2.57. The quantitative estimate of drug-likeness (QED) is 0.449. The van der Waals surface area contributed by atoms with Crippen molar-refractivity contribution in [3.05, 3.63) is 107 Å². The number of para-hydroxylation sites is 1. The summed E-state index contributed by atoms with van der Waals surface area (Å²) < 4.78 is 11.9. The topological polar surface area (TPSA) is 51.7 Å². The third-order valence-corrected chi connectivity index (χ3v) is 7.22. The van der Waals surface area contributed by atoms with Crippen molar-refractivity contribution in [2.45, 2.75) is 18.4 Å². The molecular weight excluding hydrogens is 424 g/mol. The van der Waals surface area contributed by atoms with Crippen molar-refractivity contribution in [1.29, 1.82) is 0 Å². The third-order valence-electron chi connectivity index (χ3n) is 7.22. The first-order valence-corrected chi connectivity index (χ1v) is 11.6. The molecule has 1 aromatic heterocycles. The highest BCUT2D eigenvalue weighted by molar-refractivity contribution is 6.11. The van der Waals surface area contributed by atoms with Gasteiger partial charge in [0.15, 0.2) is 0 Å². The Labute approximate surface area is 197 Å². The van der Waals surface area contributed by atoms with Crippen LogP contribution in [0.4, 0.5) is 5.69 Å². The van der Waals surface area contributed by atoms with Crippen molar-refractivity contribution in [2.75, 3.05) is 18.1 Å². The van der Waals surface area contributed by atoms with Gasteiger partial charge in [-0.3, -0.25) is 9.78 Å². The molecule has 5 nitrogen and oxygen atoms in total. The van der Waals surface area contributed by atoms with Gasteiger partial charge >= 0.3 is 0 Å². The second-order valence-electron chi connectivity index (χ2n) is 9.07. The average molecular weight is 447 g/mol. The van der Waals surface area contributed by atoms with Gasteiger partial charge in [0.2, 0.25) is 5.91 Å². The molecule has 4 aromatic rings. The first-order chi connectivity index (χ1) is 16.7. The second kappa shape index (κ2) is 7.19. The van der Waals surface area contributed by atoms with Gasteiger partial charge in [-0.15, -0.1) is 0 Å². The maximum atomic E-state index is 14.1. The predicted octanol–water partition coefficient (Wildman–Crippen LogP) is 4.91. The van der Waals surface area contributed by atoms with Crippen LogP contribution in [0.3, 0.4) is 0 Å². The van der Waals surface area contributed by atoms with E-state index in [1.807, 2.05) is 47.4 Å². The molecular formula is C29H22N2O3. The largest absolute Gasteiger partial charge is 0.493 e. The molecule has 3 aliphatic heterocycles. The van der Waals surface area contributed by atoms with Crippen LogP contribution < -0.4 is 14.4 Å². The number of ether oxygens (including phenoxy) is 2. The molecule has 1 atom stereocenters. The van der Waals surface area contributed by atoms with E-state index in [0.29, 0.717) is 19.8 Å². The maximum absolute atomic E-state index is 14.1. The molecule has 0 saturated heterocycles. The number of carbonyl (C=O) groups excluding carboxylic acids is 1. The van der Waals surface area contributed by atoms with E-state index in [1.165, 1.54) is 0 Å². The highest BCUT2D eigenvalue weighted by atomic mass is 16.5. The Balaban J connectivity index is 1.27. The first-order valence-electron chi connectivity index (χ1n) is 11.6. The van der Waals surface area contributed by atoms with Crippen LogP contribution in [-0.2, 0) is 23.2 Å². The zero-order valence-electron chi connectivity index (χ0n) is 18.5. The lowest BCUT2D eigenvalue weighted by Gasteiger charge is -2.23. The molecule has 0 bridgehead atoms. The number of rotatable bonds is 3. The lowest BCUT2D eigenvalue weighted by atomic mass is 9.76. The summed E-state index contributed by atoms with van der Waals surface area (Å²) in [6, 6.07) is 26.4. The van der Waals surface area contributed by atoms with Crippen molar-refractivity contribution in [2.24, 2.45) is 0 Å². The minimum Gasteiger partial charge on any atom is -0.493 e. The second-order valence-corrected chi connectivity index (χ2v) is 9.07. The molecule has 0 radical (unpaired) electrons. The van der Waals surface area contributed by atoms with Gasteiger partial charge in [-0.2, -0.15) is 0 Å². The van der Waals surface area contributed by atoms with Crippen LogP contribution >= 0.6 is 0 Å². The number of nitrogens with zero attached hydrogens (tertiary/aromatic N) is 2. The molecule has 1 spiro atoms. The number of hydrogen-bond acceptors (Lipinski definition) is 4. The van der Waals surface area contributed by atoms with Crippen LogP contribution in [0.2, 0.25) is 0 Å². The number of aromatic nitrogens is 1. The van der Waals surface area contributed by atoms with Crippen molar-refractivity contribution in [3.8, 4) is 22.8 Å². The molecule has 34 heavy (non-hydrogen) atoms. The Kier molecular flexibility index (Phi) is 4.09. The molecule has 4 heterocycles. The van der Waals surface area contributed by atoms with Crippen LogP contribution in [0.1, 0.15) is 22.3 Å². The lowest BCUT2D eigenvalue weighted by molar-refractivity contribution is -0.122. The molecule has 0 saturated carbocycles. The molecule has 7 rings (SSSR count). The number of carbonyl (C=O) groups is 1. The van der Waals surface area contributed by atoms with E-state index in [4.69, 9.17) is 9.47 Å². The zero-order valence-corrected chi connectivity index (χ0v) is 18.5. The SMILES string of the molecule is O=C1N(Cc2ccc(-c3ccccn3)cc2)c2ccccc2C12COc1cc3c(cc12)CCO3. The number of amides is 1. The Morgan fingerprint density at radius 1 is 0.882 bits per heavy atom. The fourth-order valence-electron chi connectivity index (χ4n) is 5.50. The van der Waals surface area contributed by atoms with Gasteiger partial charge in [-0.25, -0.2) is 0 Å². The Morgan fingerprint density at radius 3 is 2.59 bits per heavy atom. The lowest BCUT2D eigenvalue weighted by Crippen LogP contribution is -2.42. The van der Waals surface area contributed by atoms with Gasteiger partial charge in [0.05, 0.1) is 18.8 Å². The van der Waals surface area contributed by atoms with Gasteiger partial charge in [-0.05, 0) is 41.0 Å². The number of hydrogen-bond donors (Lipinski definition) is 0. The van der Waals surface area contributed by atoms with Crippen LogP contribution in [-0.4, -0.2) is 24.1 Å². The van der Waals surface area contributed by atoms with E-state index in [0.717, 1.165) is 57.1 Å². The summed E-state index contributed by atoms with van der Waals surface area (Å²) in [5.74, 6) is 1.70. The van der Waals surface area contributed by atoms with E-state index in [1.54, 1.807) is 6.20 Å². The molecule has 5 heteroatoms. The standard InChI is InChI=1S/C29H22N2O3/c32-28-29(18-34-27-16-26-21(12-14-33-26)15-23(27)29)22-5-1-2-7-25(22)31(28)17-19-8-10-20(11-9-19)24-6-3-4-13-30-24/h1-11,13,15-16H,12,14,17-18H2. The summed E-state index contributed by atoms with van der Waals surface area (Å²) >= 11 is 0. The van der Waals surface area contributed by atoms with Crippen LogP contribution in [0.5, 0.6) is 11.5 Å². The predicted molar refractivity (Wildman–Crippen MR) is 129 cm³/mol. The summed E-state index contributed by atoms with van der Waals surface area (Å²) in [7, 11) is 0. The molecule has 1 amide bonds. The van der Waals surface area contributed by atoms with Crippen molar-refractivity contribution < 1.29 is 14.3 Å². The third kappa shape index (κ3) is 2.67. The molecule has 3 aromatic carbocycles. The monoisotopic (exact) mass is 446 g/mol. The Bertz CT molecular complexity index is 1430. The fourth-order valence-corrected chi connectivity index (χ4v) is 5.50. The summed E-state index contributed by atoms with van der Waals surface area (Å²) in [6.07, 6.45) is 2.66. The Morgan fingerprint density at radius 2 is 1.74 bits per heavy atom. The van der Waals surface area contributed by atoms with E-state index >= 15 is 0 Å². The van der Waals surface area contributed by atoms with E-state index < -0.39 is 5.41 Å². The van der Waals surface area contributed by atoms with Crippen molar-refractivity contribution in [3.63, 3.8) is 0 Å². The number of fused-ring (bicyclic) bond motifs is 5. The van der Waals surface area contributed by atoms with Crippen LogP contribution in [0.25, 0.3) is 11.3 Å². The average Bonchev–Trinajstić information content (AvgIpc) is 3.56. The zero-order chi connectivity index (χ0) is 22.7. The summed E-state index contributed by atoms with van der Waals surface area (Å²) in [5.41, 5.74) is 6.34. The van der Waals surface area contributed by atoms with Gasteiger partial charge < -0.3 is 14.4 Å². The van der Waals surface area contributed by atoms with E-state index in [2.05, 4.69) is 41.4 Å². The number of benzene rings is 3. The maximum Gasteiger partial charge on any atom is 0.246 e. The van der Waals surface area contributed by atoms with E-state index in [-0.39, 0.29) is 5.91 Å². The van der Waals surface area contributed by atoms with Crippen LogP contribution in [0.15, 0.2) is 85.1 Å². The van der Waals surface area contributed by atoms with Gasteiger partial charge in [0, 0.05) is 35.5 Å². The molecule has 0 fully saturated rings. The molecule has 0 aliphatic carbocycles. The van der Waals surface area contributed by atoms with Gasteiger partial charge in [0.25, 0.3) is 0 Å². The number of anilines is 1. The van der Waals surface area contributed by atoms with Crippen molar-refractivity contribution in [1.82, 2.24) is 4.98 Å². The van der Waals surface area contributed by atoms with Crippen LogP contribution in [0, 0.1) is 0 Å². The van der Waals surface area contributed by atoms with E-state index in [9.17, 15) is 4.79 Å². The molecule has 166 valence electrons. The minimum atomic E-state index is -0.808. The summed E-state index contributed by atoms with van der Waals surface area (Å²) in [6.45, 7) is 1.50. The molecule has 3 aliphatic rings. The van der Waals surface area contributed by atoms with Crippen molar-refractivity contribution >= 4 is 11.6 Å². The smallest absolute Gasteiger partial charge is 0.246 e. The minimum absolute atomic E-state index is 0.0696. The normalized spacial score (nSPS) is 19.5.